The smallest absolute Gasteiger partial charge is 0.264 e. The molecule has 0 saturated heterocycles. The molecule has 7 nitrogen and oxygen atoms in total. The molecule has 1 N–H and O–H groups in total. The molecule has 0 radical (unpaired) electrons. The Morgan fingerprint density at radius 2 is 1.73 bits per heavy atom. The van der Waals surface area contributed by atoms with Gasteiger partial charge in [-0.25, -0.2) is 13.8 Å². The van der Waals surface area contributed by atoms with Crippen molar-refractivity contribution in [2.24, 2.45) is 5.10 Å². The molecule has 0 bridgehead atoms. The van der Waals surface area contributed by atoms with E-state index >= 15 is 0 Å². The van der Waals surface area contributed by atoms with Crippen molar-refractivity contribution in [3.63, 3.8) is 0 Å². The Balaban J connectivity index is 1.89. The Morgan fingerprint density at radius 3 is 2.39 bits per heavy atom. The number of aryl methyl sites for hydroxylation is 1. The predicted molar refractivity (Wildman–Crippen MR) is 131 cm³/mol. The number of hydrogen-bond donors (Lipinski definition) is 1. The van der Waals surface area contributed by atoms with Gasteiger partial charge in [-0.2, -0.15) is 5.10 Å². The largest absolute Gasteiger partial charge is 0.492 e. The fourth-order valence-corrected chi connectivity index (χ4v) is 4.53. The second kappa shape index (κ2) is 11.0. The zero-order chi connectivity index (χ0) is 23.8. The lowest BCUT2D eigenvalue weighted by molar-refractivity contribution is -0.119. The number of benzene rings is 3. The zero-order valence-electron chi connectivity index (χ0n) is 18.2. The maximum absolute atomic E-state index is 13.5. The van der Waals surface area contributed by atoms with E-state index in [1.807, 2.05) is 6.92 Å². The van der Waals surface area contributed by atoms with E-state index in [0.29, 0.717) is 17.4 Å². The summed E-state index contributed by atoms with van der Waals surface area (Å²) in [7, 11) is -4.06. The quantitative estimate of drug-likeness (QED) is 0.359. The minimum atomic E-state index is -4.06. The van der Waals surface area contributed by atoms with Gasteiger partial charge < -0.3 is 4.74 Å². The van der Waals surface area contributed by atoms with Crippen LogP contribution in [0.5, 0.6) is 5.75 Å². The van der Waals surface area contributed by atoms with Crippen molar-refractivity contribution in [2.45, 2.75) is 18.7 Å². The summed E-state index contributed by atoms with van der Waals surface area (Å²) >= 11 is 5.86. The molecule has 0 fully saturated rings. The molecule has 0 heterocycles. The molecule has 0 aliphatic carbocycles. The number of nitrogens with one attached hydrogen (secondary N) is 1. The van der Waals surface area contributed by atoms with Crippen LogP contribution in [0.25, 0.3) is 0 Å². The van der Waals surface area contributed by atoms with E-state index in [9.17, 15) is 13.2 Å². The van der Waals surface area contributed by atoms with Gasteiger partial charge in [-0.15, -0.1) is 0 Å². The van der Waals surface area contributed by atoms with Gasteiger partial charge in [-0.1, -0.05) is 53.6 Å². The van der Waals surface area contributed by atoms with Crippen LogP contribution >= 0.6 is 11.6 Å². The van der Waals surface area contributed by atoms with Crippen LogP contribution in [0.1, 0.15) is 18.1 Å². The number of ether oxygens (including phenoxy) is 1. The van der Waals surface area contributed by atoms with E-state index in [0.717, 1.165) is 15.4 Å². The van der Waals surface area contributed by atoms with E-state index in [2.05, 4.69) is 10.5 Å². The van der Waals surface area contributed by atoms with Crippen molar-refractivity contribution < 1.29 is 17.9 Å². The van der Waals surface area contributed by atoms with Crippen molar-refractivity contribution in [3.8, 4) is 5.75 Å². The topological polar surface area (TPSA) is 88.1 Å². The molecule has 3 aromatic carbocycles. The summed E-state index contributed by atoms with van der Waals surface area (Å²) in [5, 5.41) is 4.51. The number of hydrazone groups is 1. The predicted octanol–water partition coefficient (Wildman–Crippen LogP) is 4.39. The molecule has 0 unspecified atom stereocenters. The van der Waals surface area contributed by atoms with Gasteiger partial charge in [0.25, 0.3) is 15.9 Å². The molecule has 3 rings (SSSR count). The van der Waals surface area contributed by atoms with Gasteiger partial charge in [0.2, 0.25) is 0 Å². The van der Waals surface area contributed by atoms with Gasteiger partial charge in [0.1, 0.15) is 12.3 Å². The van der Waals surface area contributed by atoms with Crippen molar-refractivity contribution >= 4 is 39.4 Å². The Labute approximate surface area is 198 Å². The maximum Gasteiger partial charge on any atom is 0.264 e. The van der Waals surface area contributed by atoms with Crippen molar-refractivity contribution in [2.75, 3.05) is 17.5 Å². The molecule has 0 aromatic heterocycles. The number of sulfonamides is 1. The minimum absolute atomic E-state index is 0.0665. The first-order valence-corrected chi connectivity index (χ1v) is 12.0. The molecule has 0 saturated carbocycles. The van der Waals surface area contributed by atoms with Gasteiger partial charge in [-0.05, 0) is 55.8 Å². The second-order valence-corrected chi connectivity index (χ2v) is 9.37. The average molecular weight is 486 g/mol. The highest BCUT2D eigenvalue weighted by molar-refractivity contribution is 7.92. The summed E-state index contributed by atoms with van der Waals surface area (Å²) in [4.78, 5) is 12.7. The minimum Gasteiger partial charge on any atom is -0.492 e. The van der Waals surface area contributed by atoms with E-state index in [1.54, 1.807) is 67.6 Å². The summed E-state index contributed by atoms with van der Waals surface area (Å²) in [6, 6.07) is 20.0. The SMILES string of the molecule is CCOc1ccccc1N(CC(=O)N/N=C\c1ccc(Cl)cc1)S(=O)(=O)c1ccc(C)cc1. The lowest BCUT2D eigenvalue weighted by atomic mass is 10.2. The van der Waals surface area contributed by atoms with Crippen molar-refractivity contribution in [1.82, 2.24) is 5.43 Å². The summed E-state index contributed by atoms with van der Waals surface area (Å²) in [5.74, 6) is -0.254. The van der Waals surface area contributed by atoms with Gasteiger partial charge >= 0.3 is 0 Å². The summed E-state index contributed by atoms with van der Waals surface area (Å²) in [6.45, 7) is 3.52. The first-order chi connectivity index (χ1) is 15.8. The van der Waals surface area contributed by atoms with E-state index in [4.69, 9.17) is 16.3 Å². The summed E-state index contributed by atoms with van der Waals surface area (Å²) < 4.78 is 33.6. The number of nitrogens with zero attached hydrogens (tertiary/aromatic N) is 2. The molecule has 1 amide bonds. The lowest BCUT2D eigenvalue weighted by Gasteiger charge is -2.25. The third-order valence-corrected chi connectivity index (χ3v) is 6.63. The molecule has 3 aromatic rings. The third kappa shape index (κ3) is 6.34. The molecule has 0 aliphatic rings. The number of carbonyl (C=O) groups excluding carboxylic acids is 1. The van der Waals surface area contributed by atoms with Crippen LogP contribution in [-0.4, -0.2) is 33.7 Å². The highest BCUT2D eigenvalue weighted by Gasteiger charge is 2.29. The number of halogens is 1. The number of para-hydroxylation sites is 2. The van der Waals surface area contributed by atoms with Crippen LogP contribution in [0, 0.1) is 6.92 Å². The number of carbonyl (C=O) groups is 1. The van der Waals surface area contributed by atoms with Crippen molar-refractivity contribution in [1.29, 1.82) is 0 Å². The second-order valence-electron chi connectivity index (χ2n) is 7.07. The number of rotatable bonds is 9. The third-order valence-electron chi connectivity index (χ3n) is 4.60. The van der Waals surface area contributed by atoms with Gasteiger partial charge in [0.05, 0.1) is 23.4 Å². The maximum atomic E-state index is 13.5. The van der Waals surface area contributed by atoms with Crippen LogP contribution in [0.4, 0.5) is 5.69 Å². The normalized spacial score (nSPS) is 11.4. The van der Waals surface area contributed by atoms with E-state index < -0.39 is 22.5 Å². The Morgan fingerprint density at radius 1 is 1.06 bits per heavy atom. The molecule has 33 heavy (non-hydrogen) atoms. The number of anilines is 1. The average Bonchev–Trinajstić information content (AvgIpc) is 2.80. The highest BCUT2D eigenvalue weighted by Crippen LogP contribution is 2.32. The Hall–Kier alpha value is -3.36. The highest BCUT2D eigenvalue weighted by atomic mass is 35.5. The van der Waals surface area contributed by atoms with Crippen LogP contribution < -0.4 is 14.5 Å². The van der Waals surface area contributed by atoms with Gasteiger partial charge in [-0.3, -0.25) is 9.10 Å². The van der Waals surface area contributed by atoms with Crippen LogP contribution in [0.15, 0.2) is 82.8 Å². The molecular weight excluding hydrogens is 462 g/mol. The van der Waals surface area contributed by atoms with Crippen LogP contribution in [0.3, 0.4) is 0 Å². The van der Waals surface area contributed by atoms with Gasteiger partial charge in [0.15, 0.2) is 0 Å². The fourth-order valence-electron chi connectivity index (χ4n) is 2.97. The first-order valence-electron chi connectivity index (χ1n) is 10.2. The summed E-state index contributed by atoms with van der Waals surface area (Å²) in [5.41, 5.74) is 4.29. The van der Waals surface area contributed by atoms with Crippen LogP contribution in [-0.2, 0) is 14.8 Å². The van der Waals surface area contributed by atoms with E-state index in [-0.39, 0.29) is 10.6 Å². The summed E-state index contributed by atoms with van der Waals surface area (Å²) in [6.07, 6.45) is 1.45. The molecule has 0 spiro atoms. The number of amides is 1. The van der Waals surface area contributed by atoms with Crippen molar-refractivity contribution in [3.05, 3.63) is 88.9 Å². The lowest BCUT2D eigenvalue weighted by Crippen LogP contribution is -2.39. The number of hydrogen-bond acceptors (Lipinski definition) is 5. The molecular formula is C24H24ClN3O4S. The molecule has 0 aliphatic heterocycles. The van der Waals surface area contributed by atoms with E-state index in [1.165, 1.54) is 18.3 Å². The standard InChI is InChI=1S/C24H24ClN3O4S/c1-3-32-23-7-5-4-6-22(23)28(33(30,31)21-14-8-18(2)9-15-21)17-24(29)27-26-16-19-10-12-20(25)13-11-19/h4-16H,3,17H2,1-2H3,(H,27,29)/b26-16-. The van der Waals surface area contributed by atoms with Crippen LogP contribution in [0.2, 0.25) is 5.02 Å². The monoisotopic (exact) mass is 485 g/mol. The first kappa shape index (κ1) is 24.3. The fraction of sp³-hybridized carbons (Fsp3) is 0.167. The van der Waals surface area contributed by atoms with Gasteiger partial charge in [0, 0.05) is 5.02 Å². The Bertz CT molecular complexity index is 1230. The Kier molecular flexibility index (Phi) is 8.08. The molecule has 172 valence electrons. The molecule has 0 atom stereocenters. The molecule has 9 heteroatoms. The zero-order valence-corrected chi connectivity index (χ0v) is 19.8.